The zero-order chi connectivity index (χ0) is 17.3. The van der Waals surface area contributed by atoms with E-state index >= 15 is 0 Å². The van der Waals surface area contributed by atoms with Crippen LogP contribution in [0.3, 0.4) is 0 Å². The predicted octanol–water partition coefficient (Wildman–Crippen LogP) is 2.57. The summed E-state index contributed by atoms with van der Waals surface area (Å²) in [6.45, 7) is 4.00. The third-order valence-electron chi connectivity index (χ3n) is 4.34. The van der Waals surface area contributed by atoms with Crippen molar-refractivity contribution in [1.29, 1.82) is 0 Å². The molecule has 0 spiro atoms. The Morgan fingerprint density at radius 2 is 2.04 bits per heavy atom. The zero-order valence-corrected chi connectivity index (χ0v) is 14.8. The van der Waals surface area contributed by atoms with Gasteiger partial charge in [-0.3, -0.25) is 9.59 Å². The Morgan fingerprint density at radius 3 is 2.67 bits per heavy atom. The summed E-state index contributed by atoms with van der Waals surface area (Å²) in [5.74, 6) is -0.636. The van der Waals surface area contributed by atoms with E-state index in [-0.39, 0.29) is 24.3 Å². The quantitative estimate of drug-likeness (QED) is 0.925. The van der Waals surface area contributed by atoms with Gasteiger partial charge in [0, 0.05) is 13.5 Å². The van der Waals surface area contributed by atoms with Gasteiger partial charge >= 0.3 is 0 Å². The summed E-state index contributed by atoms with van der Waals surface area (Å²) in [6.07, 6.45) is 0.991. The van der Waals surface area contributed by atoms with E-state index in [1.54, 1.807) is 11.9 Å². The van der Waals surface area contributed by atoms with Crippen LogP contribution in [0.2, 0.25) is 0 Å². The van der Waals surface area contributed by atoms with Crippen LogP contribution in [0.5, 0.6) is 0 Å². The molecule has 1 aromatic heterocycles. The fraction of sp³-hybridized carbons (Fsp3) is 0.412. The van der Waals surface area contributed by atoms with Gasteiger partial charge in [0.25, 0.3) is 0 Å². The minimum Gasteiger partial charge on any atom is -0.338 e. The van der Waals surface area contributed by atoms with E-state index < -0.39 is 5.92 Å². The van der Waals surface area contributed by atoms with E-state index in [2.05, 4.69) is 15.5 Å². The first-order valence-electron chi connectivity index (χ1n) is 7.95. The molecule has 0 radical (unpaired) electrons. The second-order valence-corrected chi connectivity index (χ2v) is 7.08. The summed E-state index contributed by atoms with van der Waals surface area (Å²) < 4.78 is 0. The lowest BCUT2D eigenvalue weighted by molar-refractivity contribution is -0.127. The van der Waals surface area contributed by atoms with Gasteiger partial charge in [-0.05, 0) is 18.9 Å². The highest BCUT2D eigenvalue weighted by molar-refractivity contribution is 7.15. The molecule has 1 aromatic carbocycles. The summed E-state index contributed by atoms with van der Waals surface area (Å²) in [4.78, 5) is 26.5. The number of nitrogens with one attached hydrogen (secondary N) is 1. The van der Waals surface area contributed by atoms with Crippen LogP contribution < -0.4 is 5.32 Å². The number of anilines is 1. The SMILES string of the molecule is CCc1nnc(NC(=O)[C@@H]2CC(=O)N(C)[C@H]2c2ccc(C)cc2)s1. The van der Waals surface area contributed by atoms with Crippen molar-refractivity contribution in [2.75, 3.05) is 12.4 Å². The highest BCUT2D eigenvalue weighted by atomic mass is 32.1. The van der Waals surface area contributed by atoms with E-state index in [1.807, 2.05) is 38.1 Å². The third-order valence-corrected chi connectivity index (χ3v) is 5.32. The maximum atomic E-state index is 12.7. The van der Waals surface area contributed by atoms with Gasteiger partial charge in [0.2, 0.25) is 16.9 Å². The molecule has 1 N–H and O–H groups in total. The van der Waals surface area contributed by atoms with Crippen LogP contribution in [0, 0.1) is 12.8 Å². The Labute approximate surface area is 144 Å². The average Bonchev–Trinajstić information content (AvgIpc) is 3.14. The maximum absolute atomic E-state index is 12.7. The summed E-state index contributed by atoms with van der Waals surface area (Å²) in [5, 5.41) is 12.2. The number of rotatable bonds is 4. The smallest absolute Gasteiger partial charge is 0.232 e. The number of aryl methyl sites for hydroxylation is 2. The van der Waals surface area contributed by atoms with Gasteiger partial charge in [-0.15, -0.1) is 10.2 Å². The number of aromatic nitrogens is 2. The molecule has 1 fully saturated rings. The largest absolute Gasteiger partial charge is 0.338 e. The van der Waals surface area contributed by atoms with Gasteiger partial charge < -0.3 is 10.2 Å². The molecule has 6 nitrogen and oxygen atoms in total. The third kappa shape index (κ3) is 3.17. The van der Waals surface area contributed by atoms with E-state index in [0.29, 0.717) is 5.13 Å². The van der Waals surface area contributed by atoms with Crippen molar-refractivity contribution in [3.8, 4) is 0 Å². The minimum atomic E-state index is -0.431. The van der Waals surface area contributed by atoms with Crippen LogP contribution in [-0.2, 0) is 16.0 Å². The number of benzene rings is 1. The van der Waals surface area contributed by atoms with Crippen LogP contribution in [-0.4, -0.2) is 34.0 Å². The molecule has 3 rings (SSSR count). The molecule has 1 aliphatic heterocycles. The number of hydrogen-bond donors (Lipinski definition) is 1. The highest BCUT2D eigenvalue weighted by Gasteiger charge is 2.42. The Bertz CT molecular complexity index is 756. The van der Waals surface area contributed by atoms with Crippen molar-refractivity contribution in [2.24, 2.45) is 5.92 Å². The minimum absolute atomic E-state index is 0.0211. The monoisotopic (exact) mass is 344 g/mol. The average molecular weight is 344 g/mol. The molecular formula is C17H20N4O2S. The van der Waals surface area contributed by atoms with Crippen LogP contribution in [0.1, 0.15) is 35.5 Å². The van der Waals surface area contributed by atoms with E-state index in [9.17, 15) is 9.59 Å². The number of carbonyl (C=O) groups is 2. The summed E-state index contributed by atoms with van der Waals surface area (Å²) in [5.41, 5.74) is 2.12. The molecule has 126 valence electrons. The molecule has 24 heavy (non-hydrogen) atoms. The molecule has 0 unspecified atom stereocenters. The van der Waals surface area contributed by atoms with Crippen LogP contribution >= 0.6 is 11.3 Å². The number of carbonyl (C=O) groups excluding carboxylic acids is 2. The maximum Gasteiger partial charge on any atom is 0.232 e. The van der Waals surface area contributed by atoms with Crippen LogP contribution in [0.15, 0.2) is 24.3 Å². The van der Waals surface area contributed by atoms with E-state index in [0.717, 1.165) is 22.6 Å². The second kappa shape index (κ2) is 6.68. The van der Waals surface area contributed by atoms with Crippen molar-refractivity contribution in [1.82, 2.24) is 15.1 Å². The standard InChI is InChI=1S/C17H20N4O2S/c1-4-13-19-20-17(24-13)18-16(23)12-9-14(22)21(3)15(12)11-7-5-10(2)6-8-11/h5-8,12,15H,4,9H2,1-3H3,(H,18,20,23)/t12-,15+/m1/s1. The molecule has 2 heterocycles. The van der Waals surface area contributed by atoms with Gasteiger partial charge in [-0.2, -0.15) is 0 Å². The first kappa shape index (κ1) is 16.6. The van der Waals surface area contributed by atoms with E-state index in [1.165, 1.54) is 11.3 Å². The van der Waals surface area contributed by atoms with Crippen molar-refractivity contribution in [3.05, 3.63) is 40.4 Å². The summed E-state index contributed by atoms with van der Waals surface area (Å²) in [6, 6.07) is 7.71. The first-order chi connectivity index (χ1) is 11.5. The van der Waals surface area contributed by atoms with Gasteiger partial charge in [0.1, 0.15) is 5.01 Å². The summed E-state index contributed by atoms with van der Waals surface area (Å²) in [7, 11) is 1.75. The second-order valence-electron chi connectivity index (χ2n) is 6.01. The van der Waals surface area contributed by atoms with Gasteiger partial charge in [-0.25, -0.2) is 0 Å². The lowest BCUT2D eigenvalue weighted by atomic mass is 9.92. The van der Waals surface area contributed by atoms with Gasteiger partial charge in [-0.1, -0.05) is 48.1 Å². The molecule has 1 aliphatic rings. The van der Waals surface area contributed by atoms with Crippen molar-refractivity contribution in [2.45, 2.75) is 32.7 Å². The normalized spacial score (nSPS) is 20.5. The Balaban J connectivity index is 1.82. The number of amides is 2. The van der Waals surface area contributed by atoms with Gasteiger partial charge in [0.05, 0.1) is 12.0 Å². The van der Waals surface area contributed by atoms with Crippen molar-refractivity contribution in [3.63, 3.8) is 0 Å². The molecule has 2 amide bonds. The van der Waals surface area contributed by atoms with Gasteiger partial charge in [0.15, 0.2) is 0 Å². The predicted molar refractivity (Wildman–Crippen MR) is 92.7 cm³/mol. The lowest BCUT2D eigenvalue weighted by Gasteiger charge is -2.24. The fourth-order valence-corrected chi connectivity index (χ4v) is 3.65. The Hall–Kier alpha value is -2.28. The van der Waals surface area contributed by atoms with Crippen LogP contribution in [0.4, 0.5) is 5.13 Å². The topological polar surface area (TPSA) is 75.2 Å². The van der Waals surface area contributed by atoms with Crippen molar-refractivity contribution < 1.29 is 9.59 Å². The van der Waals surface area contributed by atoms with Crippen LogP contribution in [0.25, 0.3) is 0 Å². The van der Waals surface area contributed by atoms with Crippen molar-refractivity contribution >= 4 is 28.3 Å². The molecule has 0 bridgehead atoms. The lowest BCUT2D eigenvalue weighted by Crippen LogP contribution is -2.30. The summed E-state index contributed by atoms with van der Waals surface area (Å²) >= 11 is 1.37. The Morgan fingerprint density at radius 1 is 1.33 bits per heavy atom. The zero-order valence-electron chi connectivity index (χ0n) is 13.9. The molecule has 7 heteroatoms. The molecular weight excluding hydrogens is 324 g/mol. The fourth-order valence-electron chi connectivity index (χ4n) is 2.97. The van der Waals surface area contributed by atoms with E-state index in [4.69, 9.17) is 0 Å². The highest BCUT2D eigenvalue weighted by Crippen LogP contribution is 2.37. The number of nitrogens with zero attached hydrogens (tertiary/aromatic N) is 3. The Kier molecular flexibility index (Phi) is 4.62. The number of likely N-dealkylation sites (tertiary alicyclic amines) is 1. The molecule has 0 saturated carbocycles. The molecule has 2 aromatic rings. The first-order valence-corrected chi connectivity index (χ1v) is 8.76. The number of hydrogen-bond acceptors (Lipinski definition) is 5. The molecule has 0 aliphatic carbocycles. The molecule has 2 atom stereocenters. The molecule has 1 saturated heterocycles.